The number of rotatable bonds is 6. The Bertz CT molecular complexity index is 321. The number of aromatic nitrogens is 1. The fraction of sp³-hybridized carbons (Fsp3) is 0.615. The van der Waals surface area contributed by atoms with E-state index in [-0.39, 0.29) is 0 Å². The van der Waals surface area contributed by atoms with Gasteiger partial charge < -0.3 is 10.6 Å². The minimum Gasteiger partial charge on any atom is -0.368 e. The summed E-state index contributed by atoms with van der Waals surface area (Å²) in [4.78, 5) is 4.46. The predicted molar refractivity (Wildman–Crippen MR) is 69.7 cm³/mol. The first-order valence-corrected chi connectivity index (χ1v) is 6.06. The highest BCUT2D eigenvalue weighted by molar-refractivity contribution is 5.40. The van der Waals surface area contributed by atoms with Crippen LogP contribution in [0.2, 0.25) is 0 Å². The van der Waals surface area contributed by atoms with E-state index in [1.165, 1.54) is 12.0 Å². The molecule has 2 N–H and O–H groups in total. The van der Waals surface area contributed by atoms with Gasteiger partial charge in [0.25, 0.3) is 0 Å². The Hall–Kier alpha value is -1.09. The molecule has 0 radical (unpaired) electrons. The van der Waals surface area contributed by atoms with Crippen LogP contribution in [0, 0.1) is 6.92 Å². The minimum absolute atomic E-state index is 0.422. The lowest BCUT2D eigenvalue weighted by molar-refractivity contribution is 0.674. The smallest absolute Gasteiger partial charge is 0.126 e. The summed E-state index contributed by atoms with van der Waals surface area (Å²) in [6.45, 7) is 10.4. The molecule has 90 valence electrons. The number of hydrogen-bond acceptors (Lipinski definition) is 3. The monoisotopic (exact) mass is 221 g/mol. The Morgan fingerprint density at radius 2 is 2.06 bits per heavy atom. The lowest BCUT2D eigenvalue weighted by Gasteiger charge is -2.12. The van der Waals surface area contributed by atoms with E-state index < -0.39 is 0 Å². The van der Waals surface area contributed by atoms with Gasteiger partial charge in [-0.05, 0) is 51.4 Å². The molecule has 1 heterocycles. The van der Waals surface area contributed by atoms with Crippen LogP contribution in [-0.2, 0) is 6.54 Å². The number of pyridine rings is 1. The zero-order valence-electron chi connectivity index (χ0n) is 10.8. The average Bonchev–Trinajstić information content (AvgIpc) is 2.16. The van der Waals surface area contributed by atoms with Crippen LogP contribution in [0.5, 0.6) is 0 Å². The number of hydrogen-bond donors (Lipinski definition) is 2. The van der Waals surface area contributed by atoms with Gasteiger partial charge in [-0.25, -0.2) is 4.98 Å². The molecule has 16 heavy (non-hydrogen) atoms. The number of nitrogens with one attached hydrogen (secondary N) is 2. The summed E-state index contributed by atoms with van der Waals surface area (Å²) in [5.41, 5.74) is 2.36. The van der Waals surface area contributed by atoms with Crippen molar-refractivity contribution in [2.24, 2.45) is 0 Å². The van der Waals surface area contributed by atoms with Crippen molar-refractivity contribution in [2.45, 2.75) is 46.7 Å². The van der Waals surface area contributed by atoms with E-state index >= 15 is 0 Å². The molecule has 0 unspecified atom stereocenters. The fourth-order valence-electron chi connectivity index (χ4n) is 1.62. The summed E-state index contributed by atoms with van der Waals surface area (Å²) in [5, 5.41) is 6.74. The van der Waals surface area contributed by atoms with Crippen molar-refractivity contribution in [3.8, 4) is 0 Å². The van der Waals surface area contributed by atoms with Crippen molar-refractivity contribution in [1.29, 1.82) is 0 Å². The largest absolute Gasteiger partial charge is 0.368 e. The van der Waals surface area contributed by atoms with Gasteiger partial charge in [0.15, 0.2) is 0 Å². The van der Waals surface area contributed by atoms with E-state index in [1.807, 2.05) is 6.92 Å². The van der Waals surface area contributed by atoms with Crippen molar-refractivity contribution in [2.75, 3.05) is 11.9 Å². The van der Waals surface area contributed by atoms with Gasteiger partial charge in [0.2, 0.25) is 0 Å². The highest BCUT2D eigenvalue weighted by atomic mass is 15.0. The van der Waals surface area contributed by atoms with Gasteiger partial charge in [0, 0.05) is 18.3 Å². The molecule has 0 aliphatic rings. The lowest BCUT2D eigenvalue weighted by Crippen LogP contribution is -2.15. The van der Waals surface area contributed by atoms with E-state index in [1.54, 1.807) is 0 Å². The summed E-state index contributed by atoms with van der Waals surface area (Å²) in [5.74, 6) is 0.975. The van der Waals surface area contributed by atoms with Gasteiger partial charge in [0.05, 0.1) is 0 Å². The number of aryl methyl sites for hydroxylation is 1. The van der Waals surface area contributed by atoms with Gasteiger partial charge >= 0.3 is 0 Å². The van der Waals surface area contributed by atoms with E-state index in [2.05, 4.69) is 48.5 Å². The first kappa shape index (κ1) is 13.0. The van der Waals surface area contributed by atoms with E-state index in [0.717, 1.165) is 24.6 Å². The summed E-state index contributed by atoms with van der Waals surface area (Å²) >= 11 is 0. The quantitative estimate of drug-likeness (QED) is 0.725. The third kappa shape index (κ3) is 4.62. The SMILES string of the molecule is CCCNCc1cc(C)nc(NC(C)C)c1. The second kappa shape index (κ2) is 6.48. The zero-order valence-corrected chi connectivity index (χ0v) is 10.8. The third-order valence-corrected chi connectivity index (χ3v) is 2.21. The van der Waals surface area contributed by atoms with Gasteiger partial charge in [0.1, 0.15) is 5.82 Å². The Morgan fingerprint density at radius 3 is 2.69 bits per heavy atom. The predicted octanol–water partition coefficient (Wildman–Crippen LogP) is 2.71. The molecule has 3 heteroatoms. The van der Waals surface area contributed by atoms with Gasteiger partial charge in [-0.2, -0.15) is 0 Å². The standard InChI is InChI=1S/C13H23N3/c1-5-6-14-9-12-7-11(4)16-13(8-12)15-10(2)3/h7-8,10,14H,5-6,9H2,1-4H3,(H,15,16). The second-order valence-electron chi connectivity index (χ2n) is 4.48. The summed E-state index contributed by atoms with van der Waals surface area (Å²) in [7, 11) is 0. The van der Waals surface area contributed by atoms with Crippen LogP contribution < -0.4 is 10.6 Å². The zero-order chi connectivity index (χ0) is 12.0. The molecular weight excluding hydrogens is 198 g/mol. The molecule has 0 saturated heterocycles. The van der Waals surface area contributed by atoms with Crippen molar-refractivity contribution in [3.05, 3.63) is 23.4 Å². The van der Waals surface area contributed by atoms with Gasteiger partial charge in [-0.15, -0.1) is 0 Å². The van der Waals surface area contributed by atoms with Crippen LogP contribution in [0.3, 0.4) is 0 Å². The Morgan fingerprint density at radius 1 is 1.31 bits per heavy atom. The third-order valence-electron chi connectivity index (χ3n) is 2.21. The molecule has 0 atom stereocenters. The van der Waals surface area contributed by atoms with Crippen LogP contribution in [0.15, 0.2) is 12.1 Å². The maximum atomic E-state index is 4.46. The summed E-state index contributed by atoms with van der Waals surface area (Å²) in [6, 6.07) is 4.68. The highest BCUT2D eigenvalue weighted by Gasteiger charge is 2.01. The molecule has 1 aromatic heterocycles. The van der Waals surface area contributed by atoms with Crippen molar-refractivity contribution in [1.82, 2.24) is 10.3 Å². The molecule has 1 rings (SSSR count). The van der Waals surface area contributed by atoms with Gasteiger partial charge in [-0.3, -0.25) is 0 Å². The van der Waals surface area contributed by atoms with Crippen LogP contribution in [0.1, 0.15) is 38.4 Å². The Kier molecular flexibility index (Phi) is 5.26. The Balaban J connectivity index is 2.65. The van der Waals surface area contributed by atoms with E-state index in [4.69, 9.17) is 0 Å². The van der Waals surface area contributed by atoms with Crippen LogP contribution >= 0.6 is 0 Å². The molecule has 3 nitrogen and oxygen atoms in total. The molecule has 0 bridgehead atoms. The molecule has 0 aliphatic carbocycles. The molecular formula is C13H23N3. The highest BCUT2D eigenvalue weighted by Crippen LogP contribution is 2.11. The first-order valence-electron chi connectivity index (χ1n) is 6.06. The second-order valence-corrected chi connectivity index (χ2v) is 4.48. The molecule has 0 amide bonds. The Labute approximate surface area is 98.7 Å². The van der Waals surface area contributed by atoms with Crippen LogP contribution in [0.25, 0.3) is 0 Å². The summed E-state index contributed by atoms with van der Waals surface area (Å²) in [6.07, 6.45) is 1.17. The maximum absolute atomic E-state index is 4.46. The van der Waals surface area contributed by atoms with Crippen molar-refractivity contribution >= 4 is 5.82 Å². The lowest BCUT2D eigenvalue weighted by atomic mass is 10.2. The molecule has 0 spiro atoms. The van der Waals surface area contributed by atoms with E-state index in [9.17, 15) is 0 Å². The maximum Gasteiger partial charge on any atom is 0.126 e. The number of nitrogens with zero attached hydrogens (tertiary/aromatic N) is 1. The van der Waals surface area contributed by atoms with Gasteiger partial charge in [-0.1, -0.05) is 6.92 Å². The molecule has 1 aromatic rings. The van der Waals surface area contributed by atoms with Crippen molar-refractivity contribution < 1.29 is 0 Å². The fourth-order valence-corrected chi connectivity index (χ4v) is 1.62. The first-order chi connectivity index (χ1) is 7.61. The van der Waals surface area contributed by atoms with E-state index in [0.29, 0.717) is 6.04 Å². The van der Waals surface area contributed by atoms with Crippen LogP contribution in [-0.4, -0.2) is 17.6 Å². The average molecular weight is 221 g/mol. The van der Waals surface area contributed by atoms with Crippen LogP contribution in [0.4, 0.5) is 5.82 Å². The topological polar surface area (TPSA) is 37.0 Å². The molecule has 0 saturated carbocycles. The summed E-state index contributed by atoms with van der Waals surface area (Å²) < 4.78 is 0. The molecule has 0 fully saturated rings. The molecule has 0 aliphatic heterocycles. The normalized spacial score (nSPS) is 10.8. The minimum atomic E-state index is 0.422. The number of anilines is 1. The van der Waals surface area contributed by atoms with Crippen molar-refractivity contribution in [3.63, 3.8) is 0 Å². The molecule has 0 aromatic carbocycles.